The molecule has 2 atom stereocenters. The standard InChI is InChI=1S/C25H27N11O/c1-14-20(24-26-5-4-6-27-24)32-21-19(25(37)31-17-13-34(3)36(14)22(17)21)23-29-15-11-18(28-12-16(15)30-23)35-9-7-33(2)8-10-35/h4-6,11-14,20,32H,7-10H2,1-3H3,(H,31,37)/p+1/t14?,20-/m0/s1. The summed E-state index contributed by atoms with van der Waals surface area (Å²) in [5.74, 6) is 2.07. The van der Waals surface area contributed by atoms with E-state index < -0.39 is 0 Å². The highest BCUT2D eigenvalue weighted by Crippen LogP contribution is 2.38. The van der Waals surface area contributed by atoms with Crippen molar-refractivity contribution in [2.24, 2.45) is 7.05 Å². The molecule has 12 heteroatoms. The molecule has 7 heterocycles. The van der Waals surface area contributed by atoms with Crippen LogP contribution in [0, 0.1) is 0 Å². The lowest BCUT2D eigenvalue weighted by molar-refractivity contribution is -0.774. The molecule has 0 bridgehead atoms. The number of nitrogens with one attached hydrogen (secondary N) is 3. The minimum absolute atomic E-state index is 0.00201. The van der Waals surface area contributed by atoms with E-state index in [1.165, 1.54) is 0 Å². The second-order valence-corrected chi connectivity index (χ2v) is 9.92. The number of aryl methyl sites for hydroxylation is 1. The quantitative estimate of drug-likeness (QED) is 0.318. The topological polar surface area (TPSA) is 128 Å². The van der Waals surface area contributed by atoms with Crippen molar-refractivity contribution >= 4 is 33.6 Å². The van der Waals surface area contributed by atoms with Crippen molar-refractivity contribution in [3.05, 3.63) is 53.1 Å². The van der Waals surface area contributed by atoms with Crippen molar-refractivity contribution in [1.29, 1.82) is 0 Å². The van der Waals surface area contributed by atoms with Crippen molar-refractivity contribution in [1.82, 2.24) is 39.5 Å². The van der Waals surface area contributed by atoms with E-state index in [4.69, 9.17) is 4.98 Å². The van der Waals surface area contributed by atoms with Crippen LogP contribution in [-0.2, 0) is 7.05 Å². The monoisotopic (exact) mass is 498 g/mol. The average Bonchev–Trinajstić information content (AvgIpc) is 3.47. The Hall–Kier alpha value is -4.32. The lowest BCUT2D eigenvalue weighted by Crippen LogP contribution is -2.52. The molecule has 0 amide bonds. The number of hydrogen-bond donors (Lipinski definition) is 3. The number of hydrogen-bond acceptors (Lipinski definition) is 8. The fourth-order valence-corrected chi connectivity index (χ4v) is 5.60. The van der Waals surface area contributed by atoms with Crippen LogP contribution in [0.1, 0.15) is 24.8 Å². The van der Waals surface area contributed by atoms with Gasteiger partial charge in [0.05, 0.1) is 25.0 Å². The summed E-state index contributed by atoms with van der Waals surface area (Å²) in [5.41, 5.74) is 4.17. The van der Waals surface area contributed by atoms with E-state index in [9.17, 15) is 4.79 Å². The summed E-state index contributed by atoms with van der Waals surface area (Å²) >= 11 is 0. The summed E-state index contributed by atoms with van der Waals surface area (Å²) in [5, 5.41) is 3.59. The van der Waals surface area contributed by atoms with Crippen molar-refractivity contribution in [2.75, 3.05) is 43.4 Å². The van der Waals surface area contributed by atoms with Crippen molar-refractivity contribution in [2.45, 2.75) is 19.0 Å². The van der Waals surface area contributed by atoms with Gasteiger partial charge in [-0.15, -0.1) is 0 Å². The number of aromatic amines is 2. The first-order valence-corrected chi connectivity index (χ1v) is 12.5. The molecule has 2 aliphatic rings. The summed E-state index contributed by atoms with van der Waals surface area (Å²) in [6, 6.07) is 3.59. The normalized spacial score (nSPS) is 20.0. The maximum atomic E-state index is 13.5. The van der Waals surface area contributed by atoms with E-state index in [1.54, 1.807) is 24.7 Å². The van der Waals surface area contributed by atoms with Gasteiger partial charge in [0, 0.05) is 51.6 Å². The molecule has 0 aliphatic carbocycles. The fourth-order valence-electron chi connectivity index (χ4n) is 5.60. The lowest BCUT2D eigenvalue weighted by atomic mass is 10.0. The Morgan fingerprint density at radius 1 is 1.03 bits per heavy atom. The molecule has 2 aliphatic heterocycles. The Labute approximate surface area is 212 Å². The fraction of sp³-hybridized carbons (Fsp3) is 0.360. The van der Waals surface area contributed by atoms with Crippen LogP contribution in [0.2, 0.25) is 0 Å². The molecule has 1 saturated heterocycles. The molecule has 7 rings (SSSR count). The van der Waals surface area contributed by atoms with Crippen LogP contribution in [0.5, 0.6) is 0 Å². The summed E-state index contributed by atoms with van der Waals surface area (Å²) < 4.78 is 4.16. The third-order valence-electron chi connectivity index (χ3n) is 7.55. The molecule has 37 heavy (non-hydrogen) atoms. The second kappa shape index (κ2) is 8.10. The smallest absolute Gasteiger partial charge is 0.279 e. The van der Waals surface area contributed by atoms with E-state index >= 15 is 0 Å². The molecule has 5 aromatic heterocycles. The van der Waals surface area contributed by atoms with Gasteiger partial charge in [0.25, 0.3) is 11.1 Å². The average molecular weight is 499 g/mol. The molecule has 3 N–H and O–H groups in total. The highest BCUT2D eigenvalue weighted by molar-refractivity contribution is 5.95. The zero-order valence-electron chi connectivity index (χ0n) is 20.9. The molecule has 0 aromatic carbocycles. The van der Waals surface area contributed by atoms with Gasteiger partial charge in [0.1, 0.15) is 33.9 Å². The molecule has 0 radical (unpaired) electrons. The Balaban J connectivity index is 1.37. The van der Waals surface area contributed by atoms with Gasteiger partial charge in [0.2, 0.25) is 6.04 Å². The van der Waals surface area contributed by atoms with Gasteiger partial charge in [-0.05, 0) is 13.1 Å². The van der Waals surface area contributed by atoms with Gasteiger partial charge in [0.15, 0.2) is 11.9 Å². The van der Waals surface area contributed by atoms with Gasteiger partial charge in [-0.25, -0.2) is 19.9 Å². The number of pyridine rings is 2. The number of rotatable bonds is 3. The van der Waals surface area contributed by atoms with E-state index in [0.29, 0.717) is 28.4 Å². The van der Waals surface area contributed by atoms with Gasteiger partial charge in [-0.1, -0.05) is 4.68 Å². The van der Waals surface area contributed by atoms with E-state index in [0.717, 1.165) is 48.5 Å². The minimum atomic E-state index is -0.231. The second-order valence-electron chi connectivity index (χ2n) is 9.92. The zero-order valence-corrected chi connectivity index (χ0v) is 20.9. The van der Waals surface area contributed by atoms with E-state index in [1.807, 2.05) is 24.0 Å². The summed E-state index contributed by atoms with van der Waals surface area (Å²) in [4.78, 5) is 43.0. The van der Waals surface area contributed by atoms with Crippen LogP contribution in [0.15, 0.2) is 41.7 Å². The minimum Gasteiger partial charge on any atom is -0.363 e. The summed E-state index contributed by atoms with van der Waals surface area (Å²) in [6.45, 7) is 5.97. The first-order chi connectivity index (χ1) is 18.0. The zero-order chi connectivity index (χ0) is 25.3. The summed E-state index contributed by atoms with van der Waals surface area (Å²) in [7, 11) is 4.11. The van der Waals surface area contributed by atoms with E-state index in [-0.39, 0.29) is 17.6 Å². The third-order valence-corrected chi connectivity index (χ3v) is 7.55. The van der Waals surface area contributed by atoms with Crippen LogP contribution in [0.4, 0.5) is 11.5 Å². The van der Waals surface area contributed by atoms with Crippen LogP contribution in [0.25, 0.3) is 33.5 Å². The Morgan fingerprint density at radius 2 is 1.81 bits per heavy atom. The molecular formula is C25H28N11O+. The Bertz CT molecular complexity index is 1700. The van der Waals surface area contributed by atoms with Crippen LogP contribution in [0.3, 0.4) is 0 Å². The molecule has 0 saturated carbocycles. The van der Waals surface area contributed by atoms with Crippen LogP contribution < -0.4 is 20.5 Å². The molecule has 12 nitrogen and oxygen atoms in total. The van der Waals surface area contributed by atoms with Gasteiger partial charge < -0.3 is 25.1 Å². The molecule has 1 unspecified atom stereocenters. The van der Waals surface area contributed by atoms with Crippen LogP contribution in [-0.4, -0.2) is 72.7 Å². The number of likely N-dealkylation sites (N-methyl/N-ethyl adjacent to an activating group) is 1. The lowest BCUT2D eigenvalue weighted by Gasteiger charge is -2.33. The SMILES string of the molecule is CC1[C@@H](c2ncccn2)Nc2c(-c3nc4cnc(N5CCN(C)CC5)cc4[nH]3)c(=O)[nH]c3cn(C)[n+]1c23. The highest BCUT2D eigenvalue weighted by Gasteiger charge is 2.42. The number of H-pyrrole nitrogens is 2. The molecule has 188 valence electrons. The maximum absolute atomic E-state index is 13.5. The predicted octanol–water partition coefficient (Wildman–Crippen LogP) is 1.36. The molecule has 5 aromatic rings. The number of anilines is 2. The van der Waals surface area contributed by atoms with E-state index in [2.05, 4.69) is 58.7 Å². The predicted molar refractivity (Wildman–Crippen MR) is 139 cm³/mol. The first-order valence-electron chi connectivity index (χ1n) is 12.5. The van der Waals surface area contributed by atoms with Crippen molar-refractivity contribution < 1.29 is 4.68 Å². The Morgan fingerprint density at radius 3 is 2.59 bits per heavy atom. The van der Waals surface area contributed by atoms with Gasteiger partial charge in [-0.3, -0.25) is 4.79 Å². The number of imidazole rings is 1. The maximum Gasteiger partial charge on any atom is 0.279 e. The Kier molecular flexibility index (Phi) is 4.80. The van der Waals surface area contributed by atoms with Crippen LogP contribution >= 0.6 is 0 Å². The molecule has 1 fully saturated rings. The van der Waals surface area contributed by atoms with Crippen molar-refractivity contribution in [3.8, 4) is 11.4 Å². The number of nitrogens with zero attached hydrogens (tertiary/aromatic N) is 8. The number of aromatic nitrogens is 8. The number of piperazine rings is 1. The summed E-state index contributed by atoms with van der Waals surface area (Å²) in [6.07, 6.45) is 7.18. The van der Waals surface area contributed by atoms with Gasteiger partial charge in [-0.2, -0.15) is 4.68 Å². The molecule has 0 spiro atoms. The molecular weight excluding hydrogens is 470 g/mol. The van der Waals surface area contributed by atoms with Crippen molar-refractivity contribution in [3.63, 3.8) is 0 Å². The van der Waals surface area contributed by atoms with Gasteiger partial charge >= 0.3 is 0 Å². The largest absolute Gasteiger partial charge is 0.363 e. The highest BCUT2D eigenvalue weighted by atomic mass is 16.1. The third kappa shape index (κ3) is 3.39. The first kappa shape index (κ1) is 21.9. The number of fused-ring (bicyclic) bond motifs is 1.